The van der Waals surface area contributed by atoms with Gasteiger partial charge in [0.1, 0.15) is 6.54 Å². The highest BCUT2D eigenvalue weighted by Crippen LogP contribution is 2.37. The van der Waals surface area contributed by atoms with Gasteiger partial charge in [-0.3, -0.25) is 4.79 Å². The zero-order valence-electron chi connectivity index (χ0n) is 13.2. The quantitative estimate of drug-likeness (QED) is 0.901. The lowest BCUT2D eigenvalue weighted by Crippen LogP contribution is -2.35. The number of aromatic nitrogens is 4. The van der Waals surface area contributed by atoms with Crippen LogP contribution in [0.25, 0.3) is 11.4 Å². The summed E-state index contributed by atoms with van der Waals surface area (Å²) in [4.78, 5) is 15.7. The molecule has 1 aromatic heterocycles. The standard InChI is InChI=1S/C16H19ClN6O/c17-12-4-1-10(2-5-12)16-19-21-23(20-16)9-15(24)22-7-11-3-6-14(18)13(11)8-22/h1-2,4-5,11,13-14H,3,6-9,18H2. The monoisotopic (exact) mass is 346 g/mol. The van der Waals surface area contributed by atoms with Crippen LogP contribution in [0.4, 0.5) is 0 Å². The average Bonchev–Trinajstić information content (AvgIpc) is 3.26. The van der Waals surface area contributed by atoms with Crippen LogP contribution in [-0.2, 0) is 11.3 Å². The number of amides is 1. The molecular formula is C16H19ClN6O. The lowest BCUT2D eigenvalue weighted by molar-refractivity contribution is -0.131. The molecule has 2 aromatic rings. The predicted octanol–water partition coefficient (Wildman–Crippen LogP) is 1.19. The molecule has 2 heterocycles. The van der Waals surface area contributed by atoms with Gasteiger partial charge in [0.25, 0.3) is 0 Å². The summed E-state index contributed by atoms with van der Waals surface area (Å²) in [5.74, 6) is 1.51. The SMILES string of the molecule is NC1CCC2CN(C(=O)Cn3nnc(-c4ccc(Cl)cc4)n3)CC12. The normalized spacial score (nSPS) is 25.9. The van der Waals surface area contributed by atoms with Crippen molar-refractivity contribution < 1.29 is 4.79 Å². The summed E-state index contributed by atoms with van der Waals surface area (Å²) in [5.41, 5.74) is 6.95. The van der Waals surface area contributed by atoms with Crippen LogP contribution in [-0.4, -0.2) is 50.1 Å². The highest BCUT2D eigenvalue weighted by molar-refractivity contribution is 6.30. The number of rotatable bonds is 3. The summed E-state index contributed by atoms with van der Waals surface area (Å²) in [7, 11) is 0. The molecule has 2 aliphatic rings. The van der Waals surface area contributed by atoms with Crippen LogP contribution in [0.15, 0.2) is 24.3 Å². The first-order valence-electron chi connectivity index (χ1n) is 8.17. The summed E-state index contributed by atoms with van der Waals surface area (Å²) in [6, 6.07) is 7.43. The highest BCUT2D eigenvalue weighted by Gasteiger charge is 2.42. The van der Waals surface area contributed by atoms with Crippen LogP contribution in [0.5, 0.6) is 0 Å². The molecule has 8 heteroatoms. The smallest absolute Gasteiger partial charge is 0.246 e. The fourth-order valence-electron chi connectivity index (χ4n) is 3.76. The largest absolute Gasteiger partial charge is 0.340 e. The van der Waals surface area contributed by atoms with E-state index in [9.17, 15) is 4.79 Å². The van der Waals surface area contributed by atoms with E-state index >= 15 is 0 Å². The minimum Gasteiger partial charge on any atom is -0.340 e. The maximum Gasteiger partial charge on any atom is 0.246 e. The van der Waals surface area contributed by atoms with E-state index in [-0.39, 0.29) is 18.5 Å². The number of nitrogens with zero attached hydrogens (tertiary/aromatic N) is 5. The van der Waals surface area contributed by atoms with Crippen molar-refractivity contribution in [3.63, 3.8) is 0 Å². The Labute approximate surface area is 144 Å². The maximum absolute atomic E-state index is 12.5. The van der Waals surface area contributed by atoms with Crippen molar-refractivity contribution >= 4 is 17.5 Å². The van der Waals surface area contributed by atoms with Crippen molar-refractivity contribution in [3.05, 3.63) is 29.3 Å². The molecule has 126 valence electrons. The first kappa shape index (κ1) is 15.5. The number of fused-ring (bicyclic) bond motifs is 1. The zero-order chi connectivity index (χ0) is 16.7. The molecular weight excluding hydrogens is 328 g/mol. The van der Waals surface area contributed by atoms with Crippen LogP contribution in [0.2, 0.25) is 5.02 Å². The van der Waals surface area contributed by atoms with E-state index in [1.807, 2.05) is 17.0 Å². The van der Waals surface area contributed by atoms with Gasteiger partial charge >= 0.3 is 0 Å². The molecule has 2 N–H and O–H groups in total. The van der Waals surface area contributed by atoms with Gasteiger partial charge in [0.15, 0.2) is 0 Å². The van der Waals surface area contributed by atoms with Gasteiger partial charge in [-0.15, -0.1) is 10.2 Å². The average molecular weight is 347 g/mol. The molecule has 4 rings (SSSR count). The Balaban J connectivity index is 1.41. The molecule has 1 saturated carbocycles. The van der Waals surface area contributed by atoms with Gasteiger partial charge in [0.2, 0.25) is 11.7 Å². The Morgan fingerprint density at radius 3 is 2.79 bits per heavy atom. The lowest BCUT2D eigenvalue weighted by atomic mass is 9.98. The Hall–Kier alpha value is -1.99. The van der Waals surface area contributed by atoms with Gasteiger partial charge in [-0.2, -0.15) is 4.80 Å². The van der Waals surface area contributed by atoms with Gasteiger partial charge in [-0.1, -0.05) is 11.6 Å². The van der Waals surface area contributed by atoms with Crippen molar-refractivity contribution in [1.29, 1.82) is 0 Å². The number of halogens is 1. The van der Waals surface area contributed by atoms with Crippen LogP contribution in [0.3, 0.4) is 0 Å². The maximum atomic E-state index is 12.5. The molecule has 2 fully saturated rings. The summed E-state index contributed by atoms with van der Waals surface area (Å²) < 4.78 is 0. The Bertz CT molecular complexity index is 745. The van der Waals surface area contributed by atoms with Crippen LogP contribution >= 0.6 is 11.6 Å². The first-order chi connectivity index (χ1) is 11.6. The third kappa shape index (κ3) is 2.89. The molecule has 1 amide bonds. The molecule has 0 spiro atoms. The molecule has 1 aromatic carbocycles. The van der Waals surface area contributed by atoms with Crippen molar-refractivity contribution in [1.82, 2.24) is 25.1 Å². The summed E-state index contributed by atoms with van der Waals surface area (Å²) in [5, 5.41) is 12.9. The summed E-state index contributed by atoms with van der Waals surface area (Å²) >= 11 is 5.88. The molecule has 3 atom stereocenters. The van der Waals surface area contributed by atoms with Gasteiger partial charge in [-0.05, 0) is 54.2 Å². The topological polar surface area (TPSA) is 89.9 Å². The number of carbonyl (C=O) groups excluding carboxylic acids is 1. The number of hydrogen-bond acceptors (Lipinski definition) is 5. The molecule has 1 aliphatic heterocycles. The van der Waals surface area contributed by atoms with Gasteiger partial charge in [0.05, 0.1) is 0 Å². The van der Waals surface area contributed by atoms with E-state index in [1.54, 1.807) is 12.1 Å². The fourth-order valence-corrected chi connectivity index (χ4v) is 3.88. The van der Waals surface area contributed by atoms with Gasteiger partial charge < -0.3 is 10.6 Å². The lowest BCUT2D eigenvalue weighted by Gasteiger charge is -2.18. The molecule has 24 heavy (non-hydrogen) atoms. The molecule has 1 saturated heterocycles. The van der Waals surface area contributed by atoms with Crippen molar-refractivity contribution in [2.24, 2.45) is 17.6 Å². The van der Waals surface area contributed by atoms with E-state index in [0.717, 1.165) is 31.5 Å². The van der Waals surface area contributed by atoms with Gasteiger partial charge in [0, 0.05) is 29.7 Å². The van der Waals surface area contributed by atoms with E-state index in [2.05, 4.69) is 15.4 Å². The number of benzene rings is 1. The fraction of sp³-hybridized carbons (Fsp3) is 0.500. The van der Waals surface area contributed by atoms with E-state index in [0.29, 0.717) is 22.7 Å². The number of nitrogens with two attached hydrogens (primary N) is 1. The van der Waals surface area contributed by atoms with Crippen molar-refractivity contribution in [2.75, 3.05) is 13.1 Å². The Morgan fingerprint density at radius 1 is 1.25 bits per heavy atom. The van der Waals surface area contributed by atoms with Crippen molar-refractivity contribution in [2.45, 2.75) is 25.4 Å². The molecule has 0 bridgehead atoms. The molecule has 1 aliphatic carbocycles. The third-order valence-corrected chi connectivity index (χ3v) is 5.35. The third-order valence-electron chi connectivity index (χ3n) is 5.10. The number of likely N-dealkylation sites (tertiary alicyclic amines) is 1. The number of tetrazole rings is 1. The van der Waals surface area contributed by atoms with E-state index in [4.69, 9.17) is 17.3 Å². The van der Waals surface area contributed by atoms with Gasteiger partial charge in [-0.25, -0.2) is 0 Å². The second-order valence-electron chi connectivity index (χ2n) is 6.61. The highest BCUT2D eigenvalue weighted by atomic mass is 35.5. The minimum atomic E-state index is 0.0247. The molecule has 0 radical (unpaired) electrons. The summed E-state index contributed by atoms with van der Waals surface area (Å²) in [6.07, 6.45) is 2.20. The predicted molar refractivity (Wildman–Crippen MR) is 89.0 cm³/mol. The zero-order valence-corrected chi connectivity index (χ0v) is 13.9. The second kappa shape index (κ2) is 6.14. The second-order valence-corrected chi connectivity index (χ2v) is 7.05. The van der Waals surface area contributed by atoms with E-state index in [1.165, 1.54) is 4.80 Å². The number of hydrogen-bond donors (Lipinski definition) is 1. The van der Waals surface area contributed by atoms with Crippen molar-refractivity contribution in [3.8, 4) is 11.4 Å². The van der Waals surface area contributed by atoms with Crippen LogP contribution in [0.1, 0.15) is 12.8 Å². The number of carbonyl (C=O) groups is 1. The minimum absolute atomic E-state index is 0.0247. The Morgan fingerprint density at radius 2 is 2.04 bits per heavy atom. The molecule has 3 unspecified atom stereocenters. The van der Waals surface area contributed by atoms with Crippen LogP contribution in [0, 0.1) is 11.8 Å². The Kier molecular flexibility index (Phi) is 3.97. The molecule has 7 nitrogen and oxygen atoms in total. The van der Waals surface area contributed by atoms with Crippen LogP contribution < -0.4 is 5.73 Å². The summed E-state index contributed by atoms with van der Waals surface area (Å²) in [6.45, 7) is 1.66. The first-order valence-corrected chi connectivity index (χ1v) is 8.55. The van der Waals surface area contributed by atoms with E-state index < -0.39 is 0 Å².